The van der Waals surface area contributed by atoms with Gasteiger partial charge in [0.25, 0.3) is 5.91 Å². The zero-order valence-electron chi connectivity index (χ0n) is 31.0. The monoisotopic (exact) mass is 717 g/mol. The van der Waals surface area contributed by atoms with E-state index >= 15 is 0 Å². The average molecular weight is 718 g/mol. The standard InChI is InChI=1S/C25H27N5O.C16H24N4O2/c1-2-23(26)27-15-7-12-22(24-28-20-10-5-6-11-21(20)29-24)30-25(31)19-14-13-17-8-3-4-9-18(17)16-19;1-16(2,3)22-15(21)18-10-6-7-11(17)14-19-12-8-4-5-9-13(12)20-14/h3-6,8-11,13-14,16,22H,2,7,12,15H2,1H3,(H2,26,27)(H,28,29)(H,30,31);4-5,8-9,11H,6-7,10,17H2,1-3H3,(H,18,21)(H,19,20)/t22-;11-/m00/s1. The van der Waals surface area contributed by atoms with Gasteiger partial charge in [0.2, 0.25) is 0 Å². The van der Waals surface area contributed by atoms with Crippen molar-refractivity contribution in [2.24, 2.45) is 16.5 Å². The van der Waals surface area contributed by atoms with Crippen LogP contribution >= 0.6 is 0 Å². The molecule has 2 amide bonds. The number of imidazole rings is 2. The number of carbonyl (C=O) groups is 2. The van der Waals surface area contributed by atoms with Crippen molar-refractivity contribution in [1.82, 2.24) is 30.6 Å². The predicted molar refractivity (Wildman–Crippen MR) is 213 cm³/mol. The second-order valence-corrected chi connectivity index (χ2v) is 13.9. The second kappa shape index (κ2) is 18.1. The fourth-order valence-electron chi connectivity index (χ4n) is 5.73. The number of nitrogens with two attached hydrogens (primary N) is 2. The van der Waals surface area contributed by atoms with E-state index in [4.69, 9.17) is 21.2 Å². The van der Waals surface area contributed by atoms with E-state index in [2.05, 4.69) is 30.6 Å². The lowest BCUT2D eigenvalue weighted by Gasteiger charge is -2.19. The molecule has 0 aliphatic rings. The summed E-state index contributed by atoms with van der Waals surface area (Å²) in [6, 6.07) is 29.1. The Kier molecular flexibility index (Phi) is 13.2. The molecule has 2 aromatic heterocycles. The Morgan fingerprint density at radius 2 is 1.45 bits per heavy atom. The number of hydrogen-bond acceptors (Lipinski definition) is 7. The molecule has 4 aromatic carbocycles. The molecular formula is C41H51N9O3. The molecule has 0 saturated heterocycles. The Balaban J connectivity index is 0.000000217. The molecule has 0 unspecified atom stereocenters. The van der Waals surface area contributed by atoms with Crippen molar-refractivity contribution in [3.8, 4) is 0 Å². The molecule has 2 heterocycles. The van der Waals surface area contributed by atoms with Crippen LogP contribution in [0.3, 0.4) is 0 Å². The molecule has 0 radical (unpaired) electrons. The summed E-state index contributed by atoms with van der Waals surface area (Å²) in [4.78, 5) is 44.7. The van der Waals surface area contributed by atoms with Gasteiger partial charge in [-0.25, -0.2) is 14.8 Å². The number of fused-ring (bicyclic) bond motifs is 3. The quantitative estimate of drug-likeness (QED) is 0.0403. The summed E-state index contributed by atoms with van der Waals surface area (Å²) in [5, 5.41) is 8.04. The molecule has 0 spiro atoms. The molecule has 0 bridgehead atoms. The van der Waals surface area contributed by atoms with Crippen molar-refractivity contribution in [1.29, 1.82) is 0 Å². The molecule has 0 aliphatic carbocycles. The second-order valence-electron chi connectivity index (χ2n) is 13.9. The molecule has 6 aromatic rings. The van der Waals surface area contributed by atoms with Crippen LogP contribution in [-0.2, 0) is 4.74 Å². The van der Waals surface area contributed by atoms with Gasteiger partial charge < -0.3 is 36.8 Å². The first-order valence-electron chi connectivity index (χ1n) is 18.2. The summed E-state index contributed by atoms with van der Waals surface area (Å²) in [6.45, 7) is 8.66. The lowest BCUT2D eigenvalue weighted by atomic mass is 10.1. The highest BCUT2D eigenvalue weighted by Gasteiger charge is 2.20. The third-order valence-electron chi connectivity index (χ3n) is 8.50. The number of nitrogens with one attached hydrogen (secondary N) is 4. The Hall–Kier alpha value is -5.75. The number of hydrogen-bond donors (Lipinski definition) is 6. The highest BCUT2D eigenvalue weighted by Crippen LogP contribution is 2.22. The van der Waals surface area contributed by atoms with Gasteiger partial charge >= 0.3 is 6.09 Å². The van der Waals surface area contributed by atoms with Crippen LogP contribution in [0.1, 0.15) is 93.9 Å². The van der Waals surface area contributed by atoms with E-state index in [0.717, 1.165) is 70.2 Å². The van der Waals surface area contributed by atoms with Gasteiger partial charge in [0.15, 0.2) is 0 Å². The topological polar surface area (TPSA) is 189 Å². The van der Waals surface area contributed by atoms with Gasteiger partial charge in [-0.15, -0.1) is 0 Å². The first-order chi connectivity index (χ1) is 25.5. The number of aromatic amines is 2. The van der Waals surface area contributed by atoms with E-state index in [-0.39, 0.29) is 18.0 Å². The maximum absolute atomic E-state index is 13.1. The molecule has 0 aliphatic heterocycles. The number of amidine groups is 1. The molecule has 8 N–H and O–H groups in total. The van der Waals surface area contributed by atoms with E-state index in [1.54, 1.807) is 0 Å². The SMILES string of the molecule is CC(C)(C)OC(=O)NCCC[C@H](N)c1nc2ccccc2[nH]1.CCC(N)=NCCC[C@H](NC(=O)c1ccc2ccccc2c1)c1nc2ccccc2[nH]1. The van der Waals surface area contributed by atoms with Crippen LogP contribution in [0.4, 0.5) is 4.79 Å². The molecule has 278 valence electrons. The number of amides is 2. The number of aliphatic imine (C=N–C) groups is 1. The van der Waals surface area contributed by atoms with E-state index in [1.165, 1.54) is 0 Å². The Labute approximate surface area is 310 Å². The first-order valence-corrected chi connectivity index (χ1v) is 18.2. The van der Waals surface area contributed by atoms with Gasteiger partial charge in [-0.3, -0.25) is 9.79 Å². The first kappa shape index (κ1) is 38.5. The van der Waals surface area contributed by atoms with Gasteiger partial charge in [0, 0.05) is 25.1 Å². The third-order valence-corrected chi connectivity index (χ3v) is 8.50. The highest BCUT2D eigenvalue weighted by molar-refractivity contribution is 5.98. The Morgan fingerprint density at radius 1 is 0.830 bits per heavy atom. The third kappa shape index (κ3) is 11.4. The number of aromatic nitrogens is 4. The maximum atomic E-state index is 13.1. The van der Waals surface area contributed by atoms with E-state index in [9.17, 15) is 9.59 Å². The van der Waals surface area contributed by atoms with Crippen molar-refractivity contribution in [2.75, 3.05) is 13.1 Å². The maximum Gasteiger partial charge on any atom is 0.407 e. The lowest BCUT2D eigenvalue weighted by Crippen LogP contribution is -2.33. The molecule has 6 rings (SSSR count). The molecule has 12 heteroatoms. The molecule has 12 nitrogen and oxygen atoms in total. The number of carbonyl (C=O) groups excluding carboxylic acids is 2. The van der Waals surface area contributed by atoms with Crippen molar-refractivity contribution in [3.05, 3.63) is 108 Å². The fourth-order valence-corrected chi connectivity index (χ4v) is 5.73. The molecular weight excluding hydrogens is 667 g/mol. The number of benzene rings is 4. The van der Waals surface area contributed by atoms with Crippen LogP contribution in [0.5, 0.6) is 0 Å². The largest absolute Gasteiger partial charge is 0.444 e. The number of ether oxygens (including phenoxy) is 1. The van der Waals surface area contributed by atoms with Crippen molar-refractivity contribution in [2.45, 2.75) is 77.5 Å². The number of nitrogens with zero attached hydrogens (tertiary/aromatic N) is 3. The minimum atomic E-state index is -0.477. The fraction of sp³-hybridized carbons (Fsp3) is 0.341. The summed E-state index contributed by atoms with van der Waals surface area (Å²) in [7, 11) is 0. The van der Waals surface area contributed by atoms with Crippen molar-refractivity contribution < 1.29 is 14.3 Å². The molecule has 0 fully saturated rings. The lowest BCUT2D eigenvalue weighted by molar-refractivity contribution is 0.0526. The highest BCUT2D eigenvalue weighted by atomic mass is 16.6. The van der Waals surface area contributed by atoms with Crippen LogP contribution in [0.15, 0.2) is 96.0 Å². The van der Waals surface area contributed by atoms with Crippen LogP contribution in [-0.4, -0.2) is 56.5 Å². The molecule has 0 saturated carbocycles. The van der Waals surface area contributed by atoms with Gasteiger partial charge in [-0.2, -0.15) is 0 Å². The predicted octanol–water partition coefficient (Wildman–Crippen LogP) is 7.60. The number of alkyl carbamates (subject to hydrolysis) is 1. The summed E-state index contributed by atoms with van der Waals surface area (Å²) in [5.41, 5.74) is 15.9. The minimum Gasteiger partial charge on any atom is -0.444 e. The zero-order valence-corrected chi connectivity index (χ0v) is 31.0. The Morgan fingerprint density at radius 3 is 2.11 bits per heavy atom. The van der Waals surface area contributed by atoms with Crippen LogP contribution in [0, 0.1) is 0 Å². The van der Waals surface area contributed by atoms with E-state index in [0.29, 0.717) is 30.9 Å². The van der Waals surface area contributed by atoms with Crippen LogP contribution in [0.25, 0.3) is 32.8 Å². The molecule has 53 heavy (non-hydrogen) atoms. The van der Waals surface area contributed by atoms with E-state index < -0.39 is 11.7 Å². The summed E-state index contributed by atoms with van der Waals surface area (Å²) in [6.07, 6.45) is 3.34. The summed E-state index contributed by atoms with van der Waals surface area (Å²) in [5.74, 6) is 2.06. The van der Waals surface area contributed by atoms with Gasteiger partial charge in [-0.05, 0) is 93.6 Å². The molecule has 2 atom stereocenters. The zero-order chi connectivity index (χ0) is 37.8. The van der Waals surface area contributed by atoms with Crippen molar-refractivity contribution >= 4 is 50.7 Å². The van der Waals surface area contributed by atoms with E-state index in [1.807, 2.05) is 119 Å². The normalized spacial score (nSPS) is 13.0. The number of H-pyrrole nitrogens is 2. The van der Waals surface area contributed by atoms with Crippen LogP contribution < -0.4 is 22.1 Å². The van der Waals surface area contributed by atoms with Crippen molar-refractivity contribution in [3.63, 3.8) is 0 Å². The van der Waals surface area contributed by atoms with Gasteiger partial charge in [0.1, 0.15) is 17.2 Å². The smallest absolute Gasteiger partial charge is 0.407 e. The van der Waals surface area contributed by atoms with Gasteiger partial charge in [0.05, 0.1) is 40.0 Å². The Bertz CT molecular complexity index is 2080. The summed E-state index contributed by atoms with van der Waals surface area (Å²) >= 11 is 0. The number of rotatable bonds is 13. The van der Waals surface area contributed by atoms with Gasteiger partial charge in [-0.1, -0.05) is 61.5 Å². The minimum absolute atomic E-state index is 0.118. The summed E-state index contributed by atoms with van der Waals surface area (Å²) < 4.78 is 5.17. The number of para-hydroxylation sites is 4. The average Bonchev–Trinajstić information content (AvgIpc) is 3.79. The van der Waals surface area contributed by atoms with Crippen LogP contribution in [0.2, 0.25) is 0 Å².